The molecule has 0 radical (unpaired) electrons. The molecule has 6 nitrogen and oxygen atoms in total. The van der Waals surface area contributed by atoms with Crippen molar-refractivity contribution in [2.45, 2.75) is 13.0 Å². The number of anilines is 1. The molecular formula is C21H24N4O2S. The third kappa shape index (κ3) is 4.49. The maximum absolute atomic E-state index is 12.5. The Labute approximate surface area is 168 Å². The summed E-state index contributed by atoms with van der Waals surface area (Å²) in [6.07, 6.45) is 1.68. The number of ether oxygens (including phenoxy) is 1. The van der Waals surface area contributed by atoms with Crippen LogP contribution < -0.4 is 10.6 Å². The minimum absolute atomic E-state index is 0.156. The average Bonchev–Trinajstić information content (AvgIpc) is 3.15. The van der Waals surface area contributed by atoms with Crippen molar-refractivity contribution in [1.82, 2.24) is 15.2 Å². The number of urea groups is 1. The summed E-state index contributed by atoms with van der Waals surface area (Å²) in [5.41, 5.74) is 1.60. The number of amides is 2. The van der Waals surface area contributed by atoms with Crippen molar-refractivity contribution < 1.29 is 9.53 Å². The Morgan fingerprint density at radius 3 is 2.86 bits per heavy atom. The lowest BCUT2D eigenvalue weighted by atomic mass is 10.2. The van der Waals surface area contributed by atoms with Gasteiger partial charge in [0, 0.05) is 34.8 Å². The maximum Gasteiger partial charge on any atom is 0.319 e. The summed E-state index contributed by atoms with van der Waals surface area (Å²) in [5, 5.41) is 6.93. The zero-order valence-electron chi connectivity index (χ0n) is 15.9. The molecule has 1 aliphatic rings. The van der Waals surface area contributed by atoms with Crippen LogP contribution in [0.5, 0.6) is 0 Å². The molecule has 1 atom stereocenters. The third-order valence-electron chi connectivity index (χ3n) is 4.88. The number of nitrogens with zero attached hydrogens (tertiary/aromatic N) is 2. The Balaban J connectivity index is 1.41. The largest absolute Gasteiger partial charge is 0.379 e. The van der Waals surface area contributed by atoms with Gasteiger partial charge < -0.3 is 15.4 Å². The van der Waals surface area contributed by atoms with Crippen LogP contribution in [0.2, 0.25) is 0 Å². The van der Waals surface area contributed by atoms with E-state index < -0.39 is 0 Å². The molecule has 0 saturated carbocycles. The Hall–Kier alpha value is -2.48. The van der Waals surface area contributed by atoms with Crippen LogP contribution in [0.15, 0.2) is 48.7 Å². The number of carbonyl (C=O) groups excluding carboxylic acids is 1. The highest BCUT2D eigenvalue weighted by Gasteiger charge is 2.24. The van der Waals surface area contributed by atoms with Crippen molar-refractivity contribution in [3.05, 3.63) is 58.4 Å². The molecule has 1 aromatic carbocycles. The third-order valence-corrected chi connectivity index (χ3v) is 5.98. The summed E-state index contributed by atoms with van der Waals surface area (Å²) in [6.45, 7) is 5.87. The van der Waals surface area contributed by atoms with E-state index in [1.165, 1.54) is 9.75 Å². The van der Waals surface area contributed by atoms with Gasteiger partial charge >= 0.3 is 6.03 Å². The molecule has 0 spiro atoms. The van der Waals surface area contributed by atoms with Crippen LogP contribution in [0, 0.1) is 6.92 Å². The van der Waals surface area contributed by atoms with E-state index in [2.05, 4.69) is 39.6 Å². The molecule has 3 heterocycles. The smallest absolute Gasteiger partial charge is 0.319 e. The molecular weight excluding hydrogens is 372 g/mol. The second-order valence-corrected chi connectivity index (χ2v) is 8.18. The lowest BCUT2D eigenvalue weighted by Gasteiger charge is -2.34. The van der Waals surface area contributed by atoms with E-state index in [0.717, 1.165) is 37.2 Å². The fourth-order valence-corrected chi connectivity index (χ4v) is 4.45. The van der Waals surface area contributed by atoms with Crippen LogP contribution in [0.25, 0.3) is 10.9 Å². The molecule has 0 unspecified atom stereocenters. The molecule has 1 aliphatic heterocycles. The normalized spacial score (nSPS) is 16.0. The lowest BCUT2D eigenvalue weighted by Crippen LogP contribution is -2.44. The van der Waals surface area contributed by atoms with Gasteiger partial charge in [-0.3, -0.25) is 9.88 Å². The van der Waals surface area contributed by atoms with E-state index in [0.29, 0.717) is 12.2 Å². The van der Waals surface area contributed by atoms with Crippen LogP contribution in [-0.4, -0.2) is 48.8 Å². The van der Waals surface area contributed by atoms with Crippen LogP contribution in [0.1, 0.15) is 15.8 Å². The number of pyridine rings is 1. The summed E-state index contributed by atoms with van der Waals surface area (Å²) < 4.78 is 5.49. The SMILES string of the molecule is Cc1ccc([C@@H](CNC(=O)Nc2cnc3ccccc3c2)N2CCOCC2)s1. The standard InChI is InChI=1S/C21H24N4O2S/c1-15-6-7-20(28-15)19(25-8-10-27-11-9-25)14-23-21(26)24-17-12-16-4-2-3-5-18(16)22-13-17/h2-7,12-13,19H,8-11,14H2,1H3,(H2,23,24,26)/t19-/m1/s1. The number of hydrogen-bond acceptors (Lipinski definition) is 5. The Morgan fingerprint density at radius 1 is 1.25 bits per heavy atom. The number of benzene rings is 1. The van der Waals surface area contributed by atoms with Crippen molar-refractivity contribution >= 4 is 34.0 Å². The molecule has 3 aromatic rings. The van der Waals surface area contributed by atoms with Gasteiger partial charge in [-0.2, -0.15) is 0 Å². The van der Waals surface area contributed by atoms with Crippen LogP contribution in [0.4, 0.5) is 10.5 Å². The van der Waals surface area contributed by atoms with Gasteiger partial charge in [0.25, 0.3) is 0 Å². The first-order valence-electron chi connectivity index (χ1n) is 9.47. The molecule has 2 aromatic heterocycles. The van der Waals surface area contributed by atoms with Gasteiger partial charge in [-0.1, -0.05) is 18.2 Å². The summed E-state index contributed by atoms with van der Waals surface area (Å²) >= 11 is 1.78. The van der Waals surface area contributed by atoms with E-state index in [-0.39, 0.29) is 12.1 Å². The quantitative estimate of drug-likeness (QED) is 0.688. The molecule has 7 heteroatoms. The number of morpholine rings is 1. The zero-order chi connectivity index (χ0) is 19.3. The molecule has 0 bridgehead atoms. The van der Waals surface area contributed by atoms with Gasteiger partial charge in [-0.15, -0.1) is 11.3 Å². The monoisotopic (exact) mass is 396 g/mol. The summed E-state index contributed by atoms with van der Waals surface area (Å²) in [5.74, 6) is 0. The number of hydrogen-bond donors (Lipinski definition) is 2. The molecule has 146 valence electrons. The minimum Gasteiger partial charge on any atom is -0.379 e. The summed E-state index contributed by atoms with van der Waals surface area (Å²) in [4.78, 5) is 21.8. The molecule has 0 aliphatic carbocycles. The molecule has 28 heavy (non-hydrogen) atoms. The van der Waals surface area contributed by atoms with Crippen LogP contribution in [0.3, 0.4) is 0 Å². The van der Waals surface area contributed by atoms with Crippen LogP contribution >= 0.6 is 11.3 Å². The van der Waals surface area contributed by atoms with Crippen molar-refractivity contribution in [1.29, 1.82) is 0 Å². The van der Waals surface area contributed by atoms with Crippen molar-refractivity contribution in [2.24, 2.45) is 0 Å². The Bertz CT molecular complexity index is 952. The maximum atomic E-state index is 12.5. The van der Waals surface area contributed by atoms with E-state index in [4.69, 9.17) is 4.74 Å². The van der Waals surface area contributed by atoms with Gasteiger partial charge in [0.15, 0.2) is 0 Å². The highest BCUT2D eigenvalue weighted by molar-refractivity contribution is 7.12. The first-order chi connectivity index (χ1) is 13.7. The molecule has 1 fully saturated rings. The second kappa shape index (κ2) is 8.68. The van der Waals surface area contributed by atoms with Crippen LogP contribution in [-0.2, 0) is 4.74 Å². The zero-order valence-corrected chi connectivity index (χ0v) is 16.7. The predicted octanol–water partition coefficient (Wildman–Crippen LogP) is 3.80. The first-order valence-corrected chi connectivity index (χ1v) is 10.3. The van der Waals surface area contributed by atoms with Gasteiger partial charge in [0.2, 0.25) is 0 Å². The number of aryl methyl sites for hydroxylation is 1. The fourth-order valence-electron chi connectivity index (χ4n) is 3.44. The predicted molar refractivity (Wildman–Crippen MR) is 113 cm³/mol. The Morgan fingerprint density at radius 2 is 2.07 bits per heavy atom. The van der Waals surface area contributed by atoms with E-state index in [9.17, 15) is 4.79 Å². The Kier molecular flexibility index (Phi) is 5.85. The average molecular weight is 397 g/mol. The van der Waals surface area contributed by atoms with Crippen molar-refractivity contribution in [3.63, 3.8) is 0 Å². The highest BCUT2D eigenvalue weighted by atomic mass is 32.1. The van der Waals surface area contributed by atoms with Crippen molar-refractivity contribution in [3.8, 4) is 0 Å². The number of fused-ring (bicyclic) bond motifs is 1. The lowest BCUT2D eigenvalue weighted by molar-refractivity contribution is 0.0175. The number of para-hydroxylation sites is 1. The molecule has 1 saturated heterocycles. The fraction of sp³-hybridized carbons (Fsp3) is 0.333. The number of nitrogens with one attached hydrogen (secondary N) is 2. The number of rotatable bonds is 5. The summed E-state index contributed by atoms with van der Waals surface area (Å²) in [6, 6.07) is 14.0. The second-order valence-electron chi connectivity index (χ2n) is 6.86. The van der Waals surface area contributed by atoms with E-state index in [1.54, 1.807) is 17.5 Å². The van der Waals surface area contributed by atoms with Gasteiger partial charge in [0.1, 0.15) is 0 Å². The molecule has 2 N–H and O–H groups in total. The first kappa shape index (κ1) is 18.9. The van der Waals surface area contributed by atoms with Gasteiger partial charge in [-0.05, 0) is 31.2 Å². The highest BCUT2D eigenvalue weighted by Crippen LogP contribution is 2.28. The van der Waals surface area contributed by atoms with Crippen molar-refractivity contribution in [2.75, 3.05) is 38.2 Å². The van der Waals surface area contributed by atoms with Gasteiger partial charge in [0.05, 0.1) is 36.7 Å². The van der Waals surface area contributed by atoms with Gasteiger partial charge in [-0.25, -0.2) is 4.79 Å². The van der Waals surface area contributed by atoms with E-state index >= 15 is 0 Å². The minimum atomic E-state index is -0.219. The summed E-state index contributed by atoms with van der Waals surface area (Å²) in [7, 11) is 0. The molecule has 4 rings (SSSR count). The number of carbonyl (C=O) groups is 1. The number of thiophene rings is 1. The topological polar surface area (TPSA) is 66.5 Å². The van der Waals surface area contributed by atoms with E-state index in [1.807, 2.05) is 30.3 Å². The molecule has 2 amide bonds. The number of aromatic nitrogens is 1.